The molecule has 0 unspecified atom stereocenters. The summed E-state index contributed by atoms with van der Waals surface area (Å²) in [6.07, 6.45) is -0.890. The predicted octanol–water partition coefficient (Wildman–Crippen LogP) is 3.94. The molecule has 1 amide bonds. The first-order valence-corrected chi connectivity index (χ1v) is 7.60. The molecule has 2 rings (SSSR count). The van der Waals surface area contributed by atoms with Crippen molar-refractivity contribution in [3.05, 3.63) is 64.1 Å². The van der Waals surface area contributed by atoms with Crippen molar-refractivity contribution in [1.29, 1.82) is 0 Å². The second-order valence-corrected chi connectivity index (χ2v) is 5.69. The Morgan fingerprint density at radius 2 is 1.73 bits per heavy atom. The molecule has 0 radical (unpaired) electrons. The van der Waals surface area contributed by atoms with E-state index in [2.05, 4.69) is 21.2 Å². The Bertz CT molecular complexity index is 700. The highest BCUT2D eigenvalue weighted by Gasteiger charge is 2.20. The van der Waals surface area contributed by atoms with Crippen molar-refractivity contribution < 1.29 is 14.3 Å². The van der Waals surface area contributed by atoms with Crippen molar-refractivity contribution in [2.75, 3.05) is 5.32 Å². The molecule has 0 aliphatic carbocycles. The number of carbonyl (C=O) groups is 2. The van der Waals surface area contributed by atoms with E-state index in [9.17, 15) is 9.59 Å². The molecule has 2 aromatic rings. The van der Waals surface area contributed by atoms with Crippen molar-refractivity contribution in [3.8, 4) is 0 Å². The predicted molar refractivity (Wildman–Crippen MR) is 88.8 cm³/mol. The summed E-state index contributed by atoms with van der Waals surface area (Å²) < 4.78 is 5.84. The fourth-order valence-corrected chi connectivity index (χ4v) is 2.30. The summed E-state index contributed by atoms with van der Waals surface area (Å²) in [7, 11) is 0. The summed E-state index contributed by atoms with van der Waals surface area (Å²) in [5.74, 6) is -0.908. The van der Waals surface area contributed by atoms with Crippen molar-refractivity contribution in [2.24, 2.45) is 0 Å². The maximum Gasteiger partial charge on any atom is 0.340 e. The Morgan fingerprint density at radius 3 is 2.41 bits per heavy atom. The number of nitrogens with one attached hydrogen (secondary N) is 1. The number of halogens is 1. The number of hydrogen-bond donors (Lipinski definition) is 1. The number of rotatable bonds is 4. The number of para-hydroxylation sites is 1. The first-order valence-electron chi connectivity index (χ1n) is 6.81. The molecule has 114 valence electrons. The molecule has 2 aromatic carbocycles. The number of hydrogen-bond acceptors (Lipinski definition) is 3. The maximum absolute atomic E-state index is 12.1. The zero-order valence-corrected chi connectivity index (χ0v) is 13.9. The van der Waals surface area contributed by atoms with Gasteiger partial charge in [0.25, 0.3) is 5.91 Å². The van der Waals surface area contributed by atoms with E-state index < -0.39 is 12.1 Å². The first kappa shape index (κ1) is 16.2. The highest BCUT2D eigenvalue weighted by Crippen LogP contribution is 2.18. The molecule has 0 spiro atoms. The minimum Gasteiger partial charge on any atom is -0.449 e. The van der Waals surface area contributed by atoms with Crippen molar-refractivity contribution in [2.45, 2.75) is 20.0 Å². The van der Waals surface area contributed by atoms with Gasteiger partial charge in [-0.3, -0.25) is 4.79 Å². The van der Waals surface area contributed by atoms with Gasteiger partial charge in [0, 0.05) is 10.2 Å². The molecule has 1 N–H and O–H groups in total. The van der Waals surface area contributed by atoms with E-state index in [1.807, 2.05) is 25.1 Å². The van der Waals surface area contributed by atoms with Gasteiger partial charge < -0.3 is 10.1 Å². The van der Waals surface area contributed by atoms with Gasteiger partial charge in [0.2, 0.25) is 0 Å². The van der Waals surface area contributed by atoms with Crippen LogP contribution in [-0.2, 0) is 9.53 Å². The Balaban J connectivity index is 2.01. The summed E-state index contributed by atoms with van der Waals surface area (Å²) in [6.45, 7) is 3.44. The fourth-order valence-electron chi connectivity index (χ4n) is 1.85. The van der Waals surface area contributed by atoms with Gasteiger partial charge in [-0.25, -0.2) is 4.79 Å². The Kier molecular flexibility index (Phi) is 5.33. The smallest absolute Gasteiger partial charge is 0.340 e. The number of benzene rings is 2. The molecule has 4 nitrogen and oxygen atoms in total. The standard InChI is InChI=1S/C17H16BrNO3/c1-11-7-3-6-10-15(11)19-16(20)12(2)22-17(21)13-8-4-5-9-14(13)18/h3-10,12H,1-2H3,(H,19,20)/t12-/m1/s1. The van der Waals surface area contributed by atoms with Crippen molar-refractivity contribution in [1.82, 2.24) is 0 Å². The molecule has 1 atom stereocenters. The average molecular weight is 362 g/mol. The van der Waals surface area contributed by atoms with Crippen LogP contribution in [-0.4, -0.2) is 18.0 Å². The van der Waals surface area contributed by atoms with E-state index in [4.69, 9.17) is 4.74 Å². The van der Waals surface area contributed by atoms with Crippen LogP contribution in [0.4, 0.5) is 5.69 Å². The van der Waals surface area contributed by atoms with E-state index in [1.54, 1.807) is 37.3 Å². The molecule has 0 aromatic heterocycles. The summed E-state index contributed by atoms with van der Waals surface area (Å²) in [4.78, 5) is 24.2. The van der Waals surface area contributed by atoms with Crippen LogP contribution < -0.4 is 5.32 Å². The van der Waals surface area contributed by atoms with Crippen molar-refractivity contribution in [3.63, 3.8) is 0 Å². The monoisotopic (exact) mass is 361 g/mol. The Hall–Kier alpha value is -2.14. The lowest BCUT2D eigenvalue weighted by atomic mass is 10.2. The molecular formula is C17H16BrNO3. The molecule has 0 aliphatic rings. The maximum atomic E-state index is 12.1. The van der Waals surface area contributed by atoms with Gasteiger partial charge in [-0.2, -0.15) is 0 Å². The molecule has 5 heteroatoms. The molecule has 0 heterocycles. The van der Waals surface area contributed by atoms with E-state index in [1.165, 1.54) is 0 Å². The molecular weight excluding hydrogens is 346 g/mol. The lowest BCUT2D eigenvalue weighted by Gasteiger charge is -2.15. The summed E-state index contributed by atoms with van der Waals surface area (Å²) in [5, 5.41) is 2.75. The highest BCUT2D eigenvalue weighted by atomic mass is 79.9. The first-order chi connectivity index (χ1) is 10.5. The van der Waals surface area contributed by atoms with Crippen LogP contribution in [0, 0.1) is 6.92 Å². The lowest BCUT2D eigenvalue weighted by Crippen LogP contribution is -2.30. The number of ether oxygens (including phenoxy) is 1. The molecule has 22 heavy (non-hydrogen) atoms. The van der Waals surface area contributed by atoms with Gasteiger partial charge in [0.1, 0.15) is 0 Å². The van der Waals surface area contributed by atoms with Crippen LogP contribution in [0.3, 0.4) is 0 Å². The minimum atomic E-state index is -0.890. The SMILES string of the molecule is Cc1ccccc1NC(=O)[C@@H](C)OC(=O)c1ccccc1Br. The van der Waals surface area contributed by atoms with Gasteiger partial charge in [0.15, 0.2) is 6.10 Å². The van der Waals surface area contributed by atoms with Gasteiger partial charge in [0.05, 0.1) is 5.56 Å². The molecule has 0 bridgehead atoms. The van der Waals surface area contributed by atoms with Crippen LogP contribution in [0.1, 0.15) is 22.8 Å². The summed E-state index contributed by atoms with van der Waals surface area (Å²) >= 11 is 3.29. The minimum absolute atomic E-state index is 0.366. The molecule has 0 saturated heterocycles. The Morgan fingerprint density at radius 1 is 1.09 bits per heavy atom. The zero-order valence-electron chi connectivity index (χ0n) is 12.3. The van der Waals surface area contributed by atoms with E-state index in [0.717, 1.165) is 5.56 Å². The number of esters is 1. The lowest BCUT2D eigenvalue weighted by molar-refractivity contribution is -0.123. The fraction of sp³-hybridized carbons (Fsp3) is 0.176. The van der Waals surface area contributed by atoms with Crippen LogP contribution in [0.15, 0.2) is 53.0 Å². The number of anilines is 1. The third-order valence-electron chi connectivity index (χ3n) is 3.15. The Labute approximate surface area is 137 Å². The normalized spacial score (nSPS) is 11.6. The van der Waals surface area contributed by atoms with E-state index in [0.29, 0.717) is 15.7 Å². The van der Waals surface area contributed by atoms with Gasteiger partial charge >= 0.3 is 5.97 Å². The summed E-state index contributed by atoms with van der Waals surface area (Å²) in [6, 6.07) is 14.3. The van der Waals surface area contributed by atoms with Crippen LogP contribution >= 0.6 is 15.9 Å². The van der Waals surface area contributed by atoms with Gasteiger partial charge in [-0.1, -0.05) is 30.3 Å². The van der Waals surface area contributed by atoms with Crippen LogP contribution in [0.2, 0.25) is 0 Å². The molecule has 0 fully saturated rings. The van der Waals surface area contributed by atoms with Crippen molar-refractivity contribution >= 4 is 33.5 Å². The number of carbonyl (C=O) groups excluding carboxylic acids is 2. The van der Waals surface area contributed by atoms with Gasteiger partial charge in [-0.15, -0.1) is 0 Å². The molecule has 0 saturated carbocycles. The summed E-state index contributed by atoms with van der Waals surface area (Å²) in [5.41, 5.74) is 2.04. The average Bonchev–Trinajstić information content (AvgIpc) is 2.49. The molecule has 0 aliphatic heterocycles. The van der Waals surface area contributed by atoms with E-state index >= 15 is 0 Å². The second-order valence-electron chi connectivity index (χ2n) is 4.83. The third kappa shape index (κ3) is 3.95. The zero-order chi connectivity index (χ0) is 16.1. The topological polar surface area (TPSA) is 55.4 Å². The second kappa shape index (κ2) is 7.22. The van der Waals surface area contributed by atoms with Gasteiger partial charge in [-0.05, 0) is 53.5 Å². The number of amides is 1. The quantitative estimate of drug-likeness (QED) is 0.839. The highest BCUT2D eigenvalue weighted by molar-refractivity contribution is 9.10. The largest absolute Gasteiger partial charge is 0.449 e. The van der Waals surface area contributed by atoms with E-state index in [-0.39, 0.29) is 5.91 Å². The van der Waals surface area contributed by atoms with Crippen LogP contribution in [0.25, 0.3) is 0 Å². The third-order valence-corrected chi connectivity index (χ3v) is 3.84. The number of aryl methyl sites for hydroxylation is 1. The van der Waals surface area contributed by atoms with Crippen LogP contribution in [0.5, 0.6) is 0 Å².